The molecule has 0 saturated heterocycles. The van der Waals surface area contributed by atoms with Gasteiger partial charge < -0.3 is 19.7 Å². The molecule has 8 heteroatoms. The smallest absolute Gasteiger partial charge is 0.303 e. The Morgan fingerprint density at radius 1 is 1.09 bits per heavy atom. The first kappa shape index (κ1) is 23.1. The zero-order chi connectivity index (χ0) is 23.9. The van der Waals surface area contributed by atoms with Gasteiger partial charge in [0.25, 0.3) is 5.89 Å². The van der Waals surface area contributed by atoms with E-state index >= 15 is 0 Å². The summed E-state index contributed by atoms with van der Waals surface area (Å²) < 4.78 is 11.0. The summed E-state index contributed by atoms with van der Waals surface area (Å²) in [6.45, 7) is 3.09. The molecule has 0 saturated carbocycles. The maximum Gasteiger partial charge on any atom is 0.303 e. The van der Waals surface area contributed by atoms with Crippen molar-refractivity contribution in [3.8, 4) is 34.0 Å². The lowest BCUT2D eigenvalue weighted by Crippen LogP contribution is -2.05. The highest BCUT2D eigenvalue weighted by molar-refractivity contribution is 5.74. The summed E-state index contributed by atoms with van der Waals surface area (Å²) in [7, 11) is 1.68. The van der Waals surface area contributed by atoms with Gasteiger partial charge >= 0.3 is 5.97 Å². The van der Waals surface area contributed by atoms with E-state index in [4.69, 9.17) is 14.4 Å². The number of carbonyl (C=O) groups is 1. The number of anilines is 1. The first-order valence-electron chi connectivity index (χ1n) is 11.0. The molecule has 2 heterocycles. The maximum absolute atomic E-state index is 10.6. The molecule has 0 atom stereocenters. The van der Waals surface area contributed by atoms with Crippen LogP contribution in [0.2, 0.25) is 0 Å². The van der Waals surface area contributed by atoms with Crippen LogP contribution in [0.1, 0.15) is 24.0 Å². The summed E-state index contributed by atoms with van der Waals surface area (Å²) >= 11 is 0. The molecule has 0 fully saturated rings. The zero-order valence-corrected chi connectivity index (χ0v) is 19.1. The molecule has 2 aromatic heterocycles. The average Bonchev–Trinajstić information content (AvgIpc) is 3.33. The lowest BCUT2D eigenvalue weighted by Gasteiger charge is -2.12. The Morgan fingerprint density at radius 3 is 2.65 bits per heavy atom. The van der Waals surface area contributed by atoms with Crippen molar-refractivity contribution in [2.75, 3.05) is 19.0 Å². The lowest BCUT2D eigenvalue weighted by atomic mass is 9.94. The molecule has 2 N–H and O–H groups in total. The van der Waals surface area contributed by atoms with Crippen LogP contribution in [0, 0.1) is 6.92 Å². The number of aromatic nitrogens is 3. The number of hydrogen-bond acceptors (Lipinski definition) is 7. The Kier molecular flexibility index (Phi) is 7.29. The van der Waals surface area contributed by atoms with E-state index in [1.54, 1.807) is 19.4 Å². The molecule has 8 nitrogen and oxygen atoms in total. The van der Waals surface area contributed by atoms with Gasteiger partial charge in [0.2, 0.25) is 5.82 Å². The standard InChI is InChI=1S/C26H26N4O4/c1-17-6-3-4-7-21(17)22-11-9-18(14-20(22)16-33-2)26-29-25(30-34-26)19-10-12-23(28-15-19)27-13-5-8-24(31)32/h3-4,6-7,9-12,14-15H,5,8,13,16H2,1-2H3,(H,27,28)(H,31,32). The number of carboxylic acids is 1. The Labute approximate surface area is 197 Å². The predicted molar refractivity (Wildman–Crippen MR) is 129 cm³/mol. The highest BCUT2D eigenvalue weighted by atomic mass is 16.5. The van der Waals surface area contributed by atoms with Crippen LogP contribution in [0.5, 0.6) is 0 Å². The van der Waals surface area contributed by atoms with Crippen LogP contribution in [0.4, 0.5) is 5.82 Å². The zero-order valence-electron chi connectivity index (χ0n) is 19.1. The SMILES string of the molecule is COCc1cc(-c2nc(-c3ccc(NCCCC(=O)O)nc3)no2)ccc1-c1ccccc1C. The van der Waals surface area contributed by atoms with Crippen molar-refractivity contribution in [1.82, 2.24) is 15.1 Å². The fourth-order valence-corrected chi connectivity index (χ4v) is 3.68. The number of benzene rings is 2. The van der Waals surface area contributed by atoms with Gasteiger partial charge in [0, 0.05) is 37.4 Å². The number of pyridine rings is 1. The van der Waals surface area contributed by atoms with Gasteiger partial charge in [0.15, 0.2) is 0 Å². The van der Waals surface area contributed by atoms with Crippen LogP contribution in [-0.2, 0) is 16.1 Å². The lowest BCUT2D eigenvalue weighted by molar-refractivity contribution is -0.137. The highest BCUT2D eigenvalue weighted by Crippen LogP contribution is 2.31. The molecule has 0 radical (unpaired) electrons. The monoisotopic (exact) mass is 458 g/mol. The number of ether oxygens (including phenoxy) is 1. The number of aryl methyl sites for hydroxylation is 1. The second-order valence-corrected chi connectivity index (χ2v) is 7.90. The molecule has 174 valence electrons. The van der Waals surface area contributed by atoms with E-state index in [2.05, 4.69) is 45.6 Å². The van der Waals surface area contributed by atoms with Gasteiger partial charge in [0.1, 0.15) is 5.82 Å². The third-order valence-corrected chi connectivity index (χ3v) is 5.41. The molecule has 0 amide bonds. The predicted octanol–water partition coefficient (Wildman–Crippen LogP) is 5.20. The fourth-order valence-electron chi connectivity index (χ4n) is 3.68. The second-order valence-electron chi connectivity index (χ2n) is 7.90. The van der Waals surface area contributed by atoms with Crippen molar-refractivity contribution in [1.29, 1.82) is 0 Å². The maximum atomic E-state index is 10.6. The summed E-state index contributed by atoms with van der Waals surface area (Å²) in [5.74, 6) is 0.710. The second kappa shape index (κ2) is 10.7. The molecule has 4 rings (SSSR count). The van der Waals surface area contributed by atoms with Crippen LogP contribution < -0.4 is 5.32 Å². The number of carboxylic acid groups (broad SMARTS) is 1. The van der Waals surface area contributed by atoms with E-state index in [-0.39, 0.29) is 6.42 Å². The molecule has 0 unspecified atom stereocenters. The first-order valence-corrected chi connectivity index (χ1v) is 11.0. The van der Waals surface area contributed by atoms with Crippen molar-refractivity contribution < 1.29 is 19.2 Å². The molecular formula is C26H26N4O4. The van der Waals surface area contributed by atoms with Gasteiger partial charge in [-0.25, -0.2) is 4.98 Å². The Morgan fingerprint density at radius 2 is 1.91 bits per heavy atom. The van der Waals surface area contributed by atoms with E-state index in [0.29, 0.717) is 37.1 Å². The van der Waals surface area contributed by atoms with Gasteiger partial charge in [-0.2, -0.15) is 4.98 Å². The quantitative estimate of drug-likeness (QED) is 0.312. The molecule has 2 aromatic carbocycles. The number of nitrogens with zero attached hydrogens (tertiary/aromatic N) is 3. The molecule has 0 bridgehead atoms. The average molecular weight is 459 g/mol. The summed E-state index contributed by atoms with van der Waals surface area (Å²) in [5.41, 5.74) is 6.04. The van der Waals surface area contributed by atoms with E-state index in [9.17, 15) is 4.79 Å². The normalized spacial score (nSPS) is 10.9. The van der Waals surface area contributed by atoms with Crippen molar-refractivity contribution in [2.24, 2.45) is 0 Å². The molecule has 0 aliphatic rings. The van der Waals surface area contributed by atoms with Gasteiger partial charge in [-0.05, 0) is 59.9 Å². The number of methoxy groups -OCH3 is 1. The Hall–Kier alpha value is -4.04. The van der Waals surface area contributed by atoms with Crippen LogP contribution in [-0.4, -0.2) is 39.9 Å². The Balaban J connectivity index is 1.52. The van der Waals surface area contributed by atoms with Gasteiger partial charge in [-0.1, -0.05) is 35.5 Å². The minimum Gasteiger partial charge on any atom is -0.481 e. The largest absolute Gasteiger partial charge is 0.481 e. The number of rotatable bonds is 10. The number of nitrogens with one attached hydrogen (secondary N) is 1. The number of hydrogen-bond donors (Lipinski definition) is 2. The highest BCUT2D eigenvalue weighted by Gasteiger charge is 2.15. The molecule has 0 aliphatic carbocycles. The van der Waals surface area contributed by atoms with Crippen molar-refractivity contribution >= 4 is 11.8 Å². The van der Waals surface area contributed by atoms with Crippen molar-refractivity contribution in [3.63, 3.8) is 0 Å². The Bertz CT molecular complexity index is 1270. The van der Waals surface area contributed by atoms with Gasteiger partial charge in [-0.15, -0.1) is 0 Å². The van der Waals surface area contributed by atoms with Crippen LogP contribution >= 0.6 is 0 Å². The molecule has 34 heavy (non-hydrogen) atoms. The van der Waals surface area contributed by atoms with E-state index in [1.807, 2.05) is 30.3 Å². The number of aliphatic carboxylic acids is 1. The fraction of sp³-hybridized carbons (Fsp3) is 0.231. The summed E-state index contributed by atoms with van der Waals surface area (Å²) in [6, 6.07) is 18.0. The molecule has 0 aliphatic heterocycles. The third kappa shape index (κ3) is 5.47. The minimum atomic E-state index is -0.808. The van der Waals surface area contributed by atoms with Gasteiger partial charge in [0.05, 0.1) is 6.61 Å². The minimum absolute atomic E-state index is 0.120. The summed E-state index contributed by atoms with van der Waals surface area (Å²) in [5, 5.41) is 15.9. The van der Waals surface area contributed by atoms with Crippen LogP contribution in [0.15, 0.2) is 65.3 Å². The van der Waals surface area contributed by atoms with Crippen LogP contribution in [0.25, 0.3) is 34.0 Å². The van der Waals surface area contributed by atoms with Crippen LogP contribution in [0.3, 0.4) is 0 Å². The third-order valence-electron chi connectivity index (χ3n) is 5.41. The van der Waals surface area contributed by atoms with E-state index in [0.717, 1.165) is 27.8 Å². The van der Waals surface area contributed by atoms with Crippen molar-refractivity contribution in [2.45, 2.75) is 26.4 Å². The molecular weight excluding hydrogens is 432 g/mol. The summed E-state index contributed by atoms with van der Waals surface area (Å²) in [4.78, 5) is 19.5. The van der Waals surface area contributed by atoms with E-state index in [1.165, 1.54) is 5.56 Å². The molecule has 0 spiro atoms. The molecule has 4 aromatic rings. The van der Waals surface area contributed by atoms with Gasteiger partial charge in [-0.3, -0.25) is 4.79 Å². The first-order chi connectivity index (χ1) is 16.5. The van der Waals surface area contributed by atoms with E-state index < -0.39 is 5.97 Å². The van der Waals surface area contributed by atoms with Crippen molar-refractivity contribution in [3.05, 3.63) is 71.9 Å². The summed E-state index contributed by atoms with van der Waals surface area (Å²) in [6.07, 6.45) is 2.31. The topological polar surface area (TPSA) is 110 Å².